The van der Waals surface area contributed by atoms with Gasteiger partial charge in [0.2, 0.25) is 5.91 Å². The fourth-order valence-corrected chi connectivity index (χ4v) is 4.56. The van der Waals surface area contributed by atoms with E-state index in [2.05, 4.69) is 16.7 Å². The van der Waals surface area contributed by atoms with Crippen molar-refractivity contribution in [3.8, 4) is 5.75 Å². The van der Waals surface area contributed by atoms with E-state index in [4.69, 9.17) is 9.47 Å². The lowest BCUT2D eigenvalue weighted by atomic mass is 9.97. The highest BCUT2D eigenvalue weighted by atomic mass is 16.5. The highest BCUT2D eigenvalue weighted by Gasteiger charge is 2.45. The van der Waals surface area contributed by atoms with E-state index in [0.717, 1.165) is 35.2 Å². The predicted molar refractivity (Wildman–Crippen MR) is 135 cm³/mol. The summed E-state index contributed by atoms with van der Waals surface area (Å²) in [7, 11) is 1.31. The van der Waals surface area contributed by atoms with Crippen LogP contribution in [0.3, 0.4) is 0 Å². The Bertz CT molecular complexity index is 1040. The van der Waals surface area contributed by atoms with E-state index < -0.39 is 17.6 Å². The van der Waals surface area contributed by atoms with Crippen molar-refractivity contribution in [2.75, 3.05) is 12.4 Å². The maximum Gasteiger partial charge on any atom is 0.328 e. The van der Waals surface area contributed by atoms with Gasteiger partial charge in [0.1, 0.15) is 11.8 Å². The number of anilines is 1. The van der Waals surface area contributed by atoms with Crippen LogP contribution in [0.4, 0.5) is 5.69 Å². The summed E-state index contributed by atoms with van der Waals surface area (Å²) >= 11 is 0. The summed E-state index contributed by atoms with van der Waals surface area (Å²) in [5, 5.41) is 5.79. The molecule has 7 heteroatoms. The lowest BCUT2D eigenvalue weighted by Crippen LogP contribution is -2.55. The van der Waals surface area contributed by atoms with Crippen molar-refractivity contribution in [1.29, 1.82) is 0 Å². The number of amides is 2. The Balaban J connectivity index is 1.65. The molecule has 35 heavy (non-hydrogen) atoms. The highest BCUT2D eigenvalue weighted by Crippen LogP contribution is 2.35. The van der Waals surface area contributed by atoms with Crippen molar-refractivity contribution in [2.45, 2.75) is 71.4 Å². The van der Waals surface area contributed by atoms with Gasteiger partial charge in [-0.1, -0.05) is 32.0 Å². The second-order valence-corrected chi connectivity index (χ2v) is 9.77. The molecule has 0 bridgehead atoms. The van der Waals surface area contributed by atoms with Gasteiger partial charge in [-0.25, -0.2) is 4.79 Å². The molecule has 2 N–H and O–H groups in total. The van der Waals surface area contributed by atoms with E-state index in [0.29, 0.717) is 18.6 Å². The van der Waals surface area contributed by atoms with Crippen molar-refractivity contribution in [3.63, 3.8) is 0 Å². The van der Waals surface area contributed by atoms with E-state index in [9.17, 15) is 14.4 Å². The van der Waals surface area contributed by atoms with Gasteiger partial charge in [-0.3, -0.25) is 9.59 Å². The molecular weight excluding hydrogens is 444 g/mol. The van der Waals surface area contributed by atoms with E-state index >= 15 is 0 Å². The Morgan fingerprint density at radius 2 is 1.57 bits per heavy atom. The van der Waals surface area contributed by atoms with Crippen molar-refractivity contribution < 1.29 is 23.9 Å². The van der Waals surface area contributed by atoms with Crippen LogP contribution in [0.25, 0.3) is 0 Å². The van der Waals surface area contributed by atoms with Crippen LogP contribution in [0.5, 0.6) is 5.75 Å². The lowest BCUT2D eigenvalue weighted by molar-refractivity contribution is -0.149. The number of rotatable bonds is 9. The third-order valence-electron chi connectivity index (χ3n) is 6.34. The van der Waals surface area contributed by atoms with Crippen LogP contribution in [0.2, 0.25) is 0 Å². The predicted octanol–water partition coefficient (Wildman–Crippen LogP) is 4.49. The standard InChI is InChI=1S/C28H36N2O5/c1-18(2)25(26(32)34-5)30-27(33)28(12-6-7-13-28)35-23-10-8-21(9-11-23)17-24(31)29-22-15-19(3)14-20(4)16-22/h8-11,14-16,18,25H,6-7,12-13,17H2,1-5H3,(H,29,31)(H,30,33)/t25-/m0/s1. The Morgan fingerprint density at radius 1 is 0.971 bits per heavy atom. The maximum absolute atomic E-state index is 13.2. The number of hydrogen-bond acceptors (Lipinski definition) is 5. The summed E-state index contributed by atoms with van der Waals surface area (Å²) in [6, 6.07) is 12.5. The van der Waals surface area contributed by atoms with Gasteiger partial charge in [-0.2, -0.15) is 0 Å². The van der Waals surface area contributed by atoms with E-state index in [1.807, 2.05) is 52.0 Å². The van der Waals surface area contributed by atoms with Crippen LogP contribution >= 0.6 is 0 Å². The largest absolute Gasteiger partial charge is 0.477 e. The van der Waals surface area contributed by atoms with E-state index in [-0.39, 0.29) is 24.2 Å². The van der Waals surface area contributed by atoms with Crippen LogP contribution in [0.1, 0.15) is 56.2 Å². The molecule has 0 saturated heterocycles. The van der Waals surface area contributed by atoms with Gasteiger partial charge >= 0.3 is 5.97 Å². The molecule has 1 fully saturated rings. The van der Waals surface area contributed by atoms with Gasteiger partial charge in [-0.15, -0.1) is 0 Å². The lowest BCUT2D eigenvalue weighted by Gasteiger charge is -2.31. The Labute approximate surface area is 207 Å². The average molecular weight is 481 g/mol. The maximum atomic E-state index is 13.2. The number of carbonyl (C=O) groups is 3. The number of benzene rings is 2. The first-order valence-corrected chi connectivity index (χ1v) is 12.2. The summed E-state index contributed by atoms with van der Waals surface area (Å²) < 4.78 is 11.1. The molecule has 0 radical (unpaired) electrons. The molecule has 3 rings (SSSR count). The molecule has 7 nitrogen and oxygen atoms in total. The minimum absolute atomic E-state index is 0.0992. The molecule has 0 aromatic heterocycles. The Hall–Kier alpha value is -3.35. The minimum Gasteiger partial charge on any atom is -0.477 e. The second kappa shape index (κ2) is 11.4. The van der Waals surface area contributed by atoms with Crippen molar-refractivity contribution in [1.82, 2.24) is 5.32 Å². The second-order valence-electron chi connectivity index (χ2n) is 9.77. The zero-order chi connectivity index (χ0) is 25.6. The quantitative estimate of drug-likeness (QED) is 0.516. The van der Waals surface area contributed by atoms with Crippen LogP contribution in [0.15, 0.2) is 42.5 Å². The highest BCUT2D eigenvalue weighted by molar-refractivity contribution is 5.92. The van der Waals surface area contributed by atoms with Crippen LogP contribution in [0, 0.1) is 19.8 Å². The summed E-state index contributed by atoms with van der Waals surface area (Å²) in [6.45, 7) is 7.71. The molecule has 1 saturated carbocycles. The Kier molecular flexibility index (Phi) is 8.54. The molecule has 2 aromatic carbocycles. The van der Waals surface area contributed by atoms with Crippen molar-refractivity contribution >= 4 is 23.5 Å². The zero-order valence-corrected chi connectivity index (χ0v) is 21.3. The fourth-order valence-electron chi connectivity index (χ4n) is 4.56. The average Bonchev–Trinajstić information content (AvgIpc) is 3.27. The van der Waals surface area contributed by atoms with Gasteiger partial charge < -0.3 is 20.1 Å². The number of methoxy groups -OCH3 is 1. The van der Waals surface area contributed by atoms with Crippen molar-refractivity contribution in [2.24, 2.45) is 5.92 Å². The summed E-state index contributed by atoms with van der Waals surface area (Å²) in [5.74, 6) is -0.419. The van der Waals surface area contributed by atoms with Crippen LogP contribution < -0.4 is 15.4 Å². The van der Waals surface area contributed by atoms with Gasteiger partial charge in [-0.05, 0) is 86.4 Å². The first-order chi connectivity index (χ1) is 16.6. The molecule has 0 heterocycles. The third kappa shape index (κ3) is 6.84. The molecule has 2 amide bonds. The van der Waals surface area contributed by atoms with Gasteiger partial charge in [0.15, 0.2) is 5.60 Å². The monoisotopic (exact) mass is 480 g/mol. The molecule has 0 aliphatic heterocycles. The van der Waals surface area contributed by atoms with Crippen LogP contribution in [-0.2, 0) is 25.5 Å². The number of hydrogen-bond donors (Lipinski definition) is 2. The van der Waals surface area contributed by atoms with Gasteiger partial charge in [0.25, 0.3) is 5.91 Å². The molecule has 2 aromatic rings. The third-order valence-corrected chi connectivity index (χ3v) is 6.34. The van der Waals surface area contributed by atoms with Gasteiger partial charge in [0, 0.05) is 5.69 Å². The molecule has 1 aliphatic carbocycles. The molecule has 1 aliphatic rings. The van der Waals surface area contributed by atoms with Crippen molar-refractivity contribution in [3.05, 3.63) is 59.2 Å². The van der Waals surface area contributed by atoms with Crippen LogP contribution in [-0.4, -0.2) is 36.5 Å². The normalized spacial score (nSPS) is 15.4. The summed E-state index contributed by atoms with van der Waals surface area (Å²) in [5.41, 5.74) is 2.79. The number of aryl methyl sites for hydroxylation is 2. The van der Waals surface area contributed by atoms with Gasteiger partial charge in [0.05, 0.1) is 13.5 Å². The first-order valence-electron chi connectivity index (χ1n) is 12.2. The number of nitrogens with one attached hydrogen (secondary N) is 2. The summed E-state index contributed by atoms with van der Waals surface area (Å²) in [4.78, 5) is 37.9. The SMILES string of the molecule is COC(=O)[C@@H](NC(=O)C1(Oc2ccc(CC(=O)Nc3cc(C)cc(C)c3)cc2)CCCC1)C(C)C. The zero-order valence-electron chi connectivity index (χ0n) is 21.3. The first kappa shape index (κ1) is 26.3. The smallest absolute Gasteiger partial charge is 0.328 e. The number of carbonyl (C=O) groups excluding carboxylic acids is 3. The molecule has 0 spiro atoms. The van der Waals surface area contributed by atoms with E-state index in [1.165, 1.54) is 7.11 Å². The molecule has 0 unspecified atom stereocenters. The minimum atomic E-state index is -1.02. The summed E-state index contributed by atoms with van der Waals surface area (Å²) in [6.07, 6.45) is 3.12. The molecule has 188 valence electrons. The molecular formula is C28H36N2O5. The number of esters is 1. The molecule has 1 atom stereocenters. The number of ether oxygens (including phenoxy) is 2. The van der Waals surface area contributed by atoms with E-state index in [1.54, 1.807) is 12.1 Å². The Morgan fingerprint density at radius 3 is 2.11 bits per heavy atom. The fraction of sp³-hybridized carbons (Fsp3) is 0.464. The topological polar surface area (TPSA) is 93.7 Å².